The van der Waals surface area contributed by atoms with Crippen LogP contribution in [0.4, 0.5) is 10.1 Å². The van der Waals surface area contributed by atoms with Crippen LogP contribution in [0.25, 0.3) is 0 Å². The number of anilines is 1. The monoisotopic (exact) mass is 283 g/mol. The fraction of sp³-hybridized carbons (Fsp3) is 0.462. The molecule has 0 radical (unpaired) electrons. The molecule has 2 fully saturated rings. The van der Waals surface area contributed by atoms with Gasteiger partial charge in [-0.15, -0.1) is 0 Å². The highest BCUT2D eigenvalue weighted by atomic mass is 35.5. The Labute approximate surface area is 115 Å². The van der Waals surface area contributed by atoms with Crippen LogP contribution in [-0.4, -0.2) is 36.0 Å². The molecule has 0 atom stereocenters. The molecular weight excluding hydrogens is 269 g/mol. The Morgan fingerprint density at radius 3 is 2.84 bits per heavy atom. The van der Waals surface area contributed by atoms with E-state index in [9.17, 15) is 4.39 Å². The SMILES string of the molecule is N=C(c1c(N)cc(F)cc1Cl)N1CCOCC12CC2. The zero-order valence-electron chi connectivity index (χ0n) is 10.4. The van der Waals surface area contributed by atoms with Crippen molar-refractivity contribution in [2.45, 2.75) is 18.4 Å². The number of nitrogens with two attached hydrogens (primary N) is 1. The molecule has 6 heteroatoms. The number of amidine groups is 1. The normalized spacial score (nSPS) is 20.6. The molecule has 19 heavy (non-hydrogen) atoms. The molecule has 1 heterocycles. The molecule has 4 nitrogen and oxygen atoms in total. The summed E-state index contributed by atoms with van der Waals surface area (Å²) in [7, 11) is 0. The van der Waals surface area contributed by atoms with Crippen molar-refractivity contribution < 1.29 is 9.13 Å². The molecule has 1 saturated heterocycles. The van der Waals surface area contributed by atoms with Gasteiger partial charge in [0.1, 0.15) is 11.7 Å². The molecule has 2 aliphatic rings. The lowest BCUT2D eigenvalue weighted by Crippen LogP contribution is -2.50. The van der Waals surface area contributed by atoms with Crippen LogP contribution < -0.4 is 5.73 Å². The maximum Gasteiger partial charge on any atom is 0.132 e. The van der Waals surface area contributed by atoms with Crippen molar-refractivity contribution in [3.05, 3.63) is 28.5 Å². The number of benzene rings is 1. The summed E-state index contributed by atoms with van der Waals surface area (Å²) in [5.74, 6) is -0.217. The molecule has 1 aliphatic heterocycles. The molecule has 1 aliphatic carbocycles. The first-order valence-electron chi connectivity index (χ1n) is 6.22. The average Bonchev–Trinajstić information content (AvgIpc) is 3.08. The molecule has 1 spiro atoms. The minimum Gasteiger partial charge on any atom is -0.398 e. The first-order chi connectivity index (χ1) is 9.03. The van der Waals surface area contributed by atoms with Crippen molar-refractivity contribution in [3.63, 3.8) is 0 Å². The first-order valence-corrected chi connectivity index (χ1v) is 6.60. The highest BCUT2D eigenvalue weighted by molar-refractivity contribution is 6.34. The summed E-state index contributed by atoms with van der Waals surface area (Å²) in [6.07, 6.45) is 2.02. The topological polar surface area (TPSA) is 62.3 Å². The number of nitrogens with zero attached hydrogens (tertiary/aromatic N) is 1. The Balaban J connectivity index is 1.96. The lowest BCUT2D eigenvalue weighted by atomic mass is 10.1. The number of morpholine rings is 1. The summed E-state index contributed by atoms with van der Waals surface area (Å²) >= 11 is 6.04. The number of hydrogen-bond donors (Lipinski definition) is 2. The third-order valence-corrected chi connectivity index (χ3v) is 4.12. The van der Waals surface area contributed by atoms with Crippen molar-refractivity contribution in [1.82, 2.24) is 4.90 Å². The lowest BCUT2D eigenvalue weighted by Gasteiger charge is -2.38. The van der Waals surface area contributed by atoms with E-state index >= 15 is 0 Å². The van der Waals surface area contributed by atoms with Gasteiger partial charge in [0.05, 0.1) is 29.3 Å². The van der Waals surface area contributed by atoms with Crippen molar-refractivity contribution in [3.8, 4) is 0 Å². The van der Waals surface area contributed by atoms with E-state index in [-0.39, 0.29) is 22.1 Å². The van der Waals surface area contributed by atoms with Crippen molar-refractivity contribution in [1.29, 1.82) is 5.41 Å². The Morgan fingerprint density at radius 2 is 2.21 bits per heavy atom. The van der Waals surface area contributed by atoms with Crippen LogP contribution in [0.2, 0.25) is 5.02 Å². The van der Waals surface area contributed by atoms with Crippen LogP contribution in [0.5, 0.6) is 0 Å². The van der Waals surface area contributed by atoms with Gasteiger partial charge in [-0.3, -0.25) is 5.41 Å². The number of halogens is 2. The molecule has 1 saturated carbocycles. The van der Waals surface area contributed by atoms with Gasteiger partial charge in [-0.1, -0.05) is 11.6 Å². The van der Waals surface area contributed by atoms with Crippen molar-refractivity contribution >= 4 is 23.1 Å². The van der Waals surface area contributed by atoms with E-state index < -0.39 is 5.82 Å². The van der Waals surface area contributed by atoms with Crippen LogP contribution in [0.15, 0.2) is 12.1 Å². The summed E-state index contributed by atoms with van der Waals surface area (Å²) < 4.78 is 18.7. The maximum absolute atomic E-state index is 13.2. The van der Waals surface area contributed by atoms with E-state index in [0.717, 1.165) is 12.8 Å². The molecule has 0 bridgehead atoms. The summed E-state index contributed by atoms with van der Waals surface area (Å²) in [6, 6.07) is 2.40. The predicted molar refractivity (Wildman–Crippen MR) is 72.1 cm³/mol. The molecule has 0 aromatic heterocycles. The van der Waals surface area contributed by atoms with E-state index in [0.29, 0.717) is 25.3 Å². The second-order valence-corrected chi connectivity index (χ2v) is 5.54. The highest BCUT2D eigenvalue weighted by Gasteiger charge is 2.51. The Kier molecular flexibility index (Phi) is 2.91. The summed E-state index contributed by atoms with van der Waals surface area (Å²) in [5, 5.41) is 8.54. The zero-order chi connectivity index (χ0) is 13.6. The Hall–Kier alpha value is -1.33. The molecule has 102 valence electrons. The van der Waals surface area contributed by atoms with Gasteiger partial charge in [-0.2, -0.15) is 0 Å². The van der Waals surface area contributed by atoms with Gasteiger partial charge in [0.2, 0.25) is 0 Å². The second-order valence-electron chi connectivity index (χ2n) is 5.13. The molecule has 0 unspecified atom stereocenters. The molecule has 3 N–H and O–H groups in total. The van der Waals surface area contributed by atoms with E-state index in [1.54, 1.807) is 0 Å². The van der Waals surface area contributed by atoms with Crippen LogP contribution >= 0.6 is 11.6 Å². The number of nitrogen functional groups attached to an aromatic ring is 1. The largest absolute Gasteiger partial charge is 0.398 e. The molecular formula is C13H15ClFN3O. The van der Waals surface area contributed by atoms with Crippen LogP contribution in [-0.2, 0) is 4.74 Å². The molecule has 1 aromatic rings. The third kappa shape index (κ3) is 2.07. The summed E-state index contributed by atoms with van der Waals surface area (Å²) in [4.78, 5) is 1.99. The van der Waals surface area contributed by atoms with Crippen LogP contribution in [0, 0.1) is 11.2 Å². The average molecular weight is 284 g/mol. The third-order valence-electron chi connectivity index (χ3n) is 3.82. The summed E-state index contributed by atoms with van der Waals surface area (Å²) in [5.41, 5.74) is 6.36. The highest BCUT2D eigenvalue weighted by Crippen LogP contribution is 2.45. The van der Waals surface area contributed by atoms with E-state index in [4.69, 9.17) is 27.5 Å². The molecule has 0 amide bonds. The second kappa shape index (κ2) is 4.35. The van der Waals surface area contributed by atoms with Crippen molar-refractivity contribution in [2.24, 2.45) is 0 Å². The van der Waals surface area contributed by atoms with Gasteiger partial charge in [0.25, 0.3) is 0 Å². The smallest absolute Gasteiger partial charge is 0.132 e. The van der Waals surface area contributed by atoms with Crippen LogP contribution in [0.3, 0.4) is 0 Å². The number of hydrogen-bond acceptors (Lipinski definition) is 3. The van der Waals surface area contributed by atoms with Gasteiger partial charge in [0, 0.05) is 12.2 Å². The Bertz CT molecular complexity index is 522. The lowest BCUT2D eigenvalue weighted by molar-refractivity contribution is 0.0147. The number of ether oxygens (including phenoxy) is 1. The number of nitrogens with one attached hydrogen (secondary N) is 1. The van der Waals surface area contributed by atoms with Gasteiger partial charge in [-0.25, -0.2) is 4.39 Å². The molecule has 1 aromatic carbocycles. The number of rotatable bonds is 1. The van der Waals surface area contributed by atoms with Crippen LogP contribution in [0.1, 0.15) is 18.4 Å². The minimum absolute atomic E-state index is 0.0700. The zero-order valence-corrected chi connectivity index (χ0v) is 11.1. The minimum atomic E-state index is -0.484. The fourth-order valence-corrected chi connectivity index (χ4v) is 2.92. The van der Waals surface area contributed by atoms with Gasteiger partial charge in [0.15, 0.2) is 0 Å². The standard InChI is InChI=1S/C13H15ClFN3O/c14-9-5-8(15)6-10(16)11(9)12(17)18-3-4-19-7-13(18)1-2-13/h5-6,17H,1-4,7,16H2. The molecule has 3 rings (SSSR count). The van der Waals surface area contributed by atoms with Gasteiger partial charge in [-0.05, 0) is 25.0 Å². The van der Waals surface area contributed by atoms with Gasteiger partial charge >= 0.3 is 0 Å². The maximum atomic E-state index is 13.2. The first kappa shape index (κ1) is 12.7. The van der Waals surface area contributed by atoms with Crippen molar-refractivity contribution in [2.75, 3.05) is 25.5 Å². The van der Waals surface area contributed by atoms with E-state index in [2.05, 4.69) is 0 Å². The quantitative estimate of drug-likeness (QED) is 0.472. The summed E-state index contributed by atoms with van der Waals surface area (Å²) in [6.45, 7) is 1.86. The van der Waals surface area contributed by atoms with E-state index in [1.165, 1.54) is 12.1 Å². The van der Waals surface area contributed by atoms with E-state index in [1.807, 2.05) is 4.90 Å². The fourth-order valence-electron chi connectivity index (χ4n) is 2.62. The predicted octanol–water partition coefficient (Wildman–Crippen LogP) is 2.25. The Morgan fingerprint density at radius 1 is 1.47 bits per heavy atom. The van der Waals surface area contributed by atoms with Gasteiger partial charge < -0.3 is 15.4 Å².